The van der Waals surface area contributed by atoms with E-state index in [0.717, 1.165) is 37.7 Å². The highest BCUT2D eigenvalue weighted by atomic mass is 16.5. The first-order valence-electron chi connectivity index (χ1n) is 5.57. The lowest BCUT2D eigenvalue weighted by Crippen LogP contribution is -2.36. The Balaban J connectivity index is 2.07. The van der Waals surface area contributed by atoms with Gasteiger partial charge in [0.15, 0.2) is 0 Å². The molecule has 1 N–H and O–H groups in total. The normalized spacial score (nSPS) is 15.5. The van der Waals surface area contributed by atoms with E-state index in [4.69, 9.17) is 4.74 Å². The number of hydrogen-bond donors (Lipinski definition) is 1. The van der Waals surface area contributed by atoms with Crippen LogP contribution in [0.15, 0.2) is 24.3 Å². The van der Waals surface area contributed by atoms with Gasteiger partial charge in [-0.2, -0.15) is 0 Å². The number of morpholine rings is 1. The zero-order valence-electron chi connectivity index (χ0n) is 9.81. The fourth-order valence-corrected chi connectivity index (χ4v) is 1.77. The number of carbonyl (C=O) groups is 1. The van der Waals surface area contributed by atoms with Crippen LogP contribution in [-0.2, 0) is 9.47 Å². The van der Waals surface area contributed by atoms with E-state index in [9.17, 15) is 4.79 Å². The molecule has 0 aliphatic carbocycles. The second-order valence-electron chi connectivity index (χ2n) is 3.77. The number of amides is 1. The zero-order chi connectivity index (χ0) is 12.1. The number of hydrogen-bond acceptors (Lipinski definition) is 4. The van der Waals surface area contributed by atoms with E-state index < -0.39 is 6.09 Å². The SMILES string of the molecule is COC(=O)Nc1cccc(N2CCOCC2)c1. The van der Waals surface area contributed by atoms with Crippen molar-refractivity contribution in [2.75, 3.05) is 43.6 Å². The molecule has 92 valence electrons. The van der Waals surface area contributed by atoms with Crippen molar-refractivity contribution < 1.29 is 14.3 Å². The molecular formula is C12H16N2O3. The number of methoxy groups -OCH3 is 1. The minimum absolute atomic E-state index is 0.455. The first-order valence-corrected chi connectivity index (χ1v) is 5.57. The third-order valence-corrected chi connectivity index (χ3v) is 2.65. The summed E-state index contributed by atoms with van der Waals surface area (Å²) in [5.74, 6) is 0. The van der Waals surface area contributed by atoms with Gasteiger partial charge in [-0.05, 0) is 18.2 Å². The Kier molecular flexibility index (Phi) is 3.82. The van der Waals surface area contributed by atoms with Crippen LogP contribution in [0.2, 0.25) is 0 Å². The van der Waals surface area contributed by atoms with E-state index in [0.29, 0.717) is 0 Å². The summed E-state index contributed by atoms with van der Waals surface area (Å²) in [7, 11) is 1.35. The van der Waals surface area contributed by atoms with Crippen LogP contribution in [0.25, 0.3) is 0 Å². The number of nitrogens with one attached hydrogen (secondary N) is 1. The Morgan fingerprint density at radius 3 is 2.88 bits per heavy atom. The van der Waals surface area contributed by atoms with Crippen molar-refractivity contribution in [3.05, 3.63) is 24.3 Å². The molecule has 1 aromatic rings. The molecule has 1 saturated heterocycles. The van der Waals surface area contributed by atoms with Gasteiger partial charge in [0.1, 0.15) is 0 Å². The fourth-order valence-electron chi connectivity index (χ4n) is 1.77. The standard InChI is InChI=1S/C12H16N2O3/c1-16-12(15)13-10-3-2-4-11(9-10)14-5-7-17-8-6-14/h2-4,9H,5-8H2,1H3,(H,13,15). The van der Waals surface area contributed by atoms with Crippen LogP contribution in [0.1, 0.15) is 0 Å². The Labute approximate surface area is 100 Å². The van der Waals surface area contributed by atoms with E-state index in [-0.39, 0.29) is 0 Å². The van der Waals surface area contributed by atoms with Crippen molar-refractivity contribution in [3.63, 3.8) is 0 Å². The van der Waals surface area contributed by atoms with Gasteiger partial charge in [-0.25, -0.2) is 4.79 Å². The summed E-state index contributed by atoms with van der Waals surface area (Å²) in [5, 5.41) is 2.65. The third-order valence-electron chi connectivity index (χ3n) is 2.65. The molecule has 1 aliphatic rings. The molecule has 5 nitrogen and oxygen atoms in total. The highest BCUT2D eigenvalue weighted by Gasteiger charge is 2.11. The molecule has 0 spiro atoms. The van der Waals surface area contributed by atoms with Crippen LogP contribution in [0.4, 0.5) is 16.2 Å². The lowest BCUT2D eigenvalue weighted by Gasteiger charge is -2.29. The van der Waals surface area contributed by atoms with Gasteiger partial charge in [0, 0.05) is 24.5 Å². The molecule has 0 aromatic heterocycles. The lowest BCUT2D eigenvalue weighted by atomic mass is 10.2. The predicted molar refractivity (Wildman–Crippen MR) is 65.5 cm³/mol. The van der Waals surface area contributed by atoms with E-state index in [1.807, 2.05) is 24.3 Å². The highest BCUT2D eigenvalue weighted by molar-refractivity contribution is 5.85. The topological polar surface area (TPSA) is 50.8 Å². The Hall–Kier alpha value is -1.75. The minimum atomic E-state index is -0.455. The number of benzene rings is 1. The number of ether oxygens (including phenoxy) is 2. The van der Waals surface area contributed by atoms with Crippen LogP contribution < -0.4 is 10.2 Å². The van der Waals surface area contributed by atoms with Gasteiger partial charge in [0.25, 0.3) is 0 Å². The van der Waals surface area contributed by atoms with Gasteiger partial charge >= 0.3 is 6.09 Å². The molecule has 0 bridgehead atoms. The first kappa shape index (κ1) is 11.7. The van der Waals surface area contributed by atoms with Crippen LogP contribution in [-0.4, -0.2) is 39.5 Å². The van der Waals surface area contributed by atoms with E-state index >= 15 is 0 Å². The molecule has 0 atom stereocenters. The summed E-state index contributed by atoms with van der Waals surface area (Å²) < 4.78 is 9.86. The monoisotopic (exact) mass is 236 g/mol. The second-order valence-corrected chi connectivity index (χ2v) is 3.77. The Morgan fingerprint density at radius 1 is 1.41 bits per heavy atom. The fraction of sp³-hybridized carbons (Fsp3) is 0.417. The molecule has 1 aliphatic heterocycles. The van der Waals surface area contributed by atoms with Gasteiger partial charge in [0.05, 0.1) is 20.3 Å². The van der Waals surface area contributed by atoms with Gasteiger partial charge in [-0.3, -0.25) is 5.32 Å². The summed E-state index contributed by atoms with van der Waals surface area (Å²) >= 11 is 0. The van der Waals surface area contributed by atoms with Crippen molar-refractivity contribution in [2.45, 2.75) is 0 Å². The summed E-state index contributed by atoms with van der Waals surface area (Å²) in [4.78, 5) is 13.3. The van der Waals surface area contributed by atoms with Gasteiger partial charge in [-0.15, -0.1) is 0 Å². The molecular weight excluding hydrogens is 220 g/mol. The van der Waals surface area contributed by atoms with Crippen molar-refractivity contribution >= 4 is 17.5 Å². The Bertz CT molecular complexity index is 389. The van der Waals surface area contributed by atoms with E-state index in [1.165, 1.54) is 7.11 Å². The second kappa shape index (κ2) is 5.54. The van der Waals surface area contributed by atoms with Crippen LogP contribution in [0, 0.1) is 0 Å². The van der Waals surface area contributed by atoms with Crippen molar-refractivity contribution in [3.8, 4) is 0 Å². The maximum atomic E-state index is 11.1. The van der Waals surface area contributed by atoms with E-state index in [1.54, 1.807) is 0 Å². The van der Waals surface area contributed by atoms with Crippen molar-refractivity contribution in [1.82, 2.24) is 0 Å². The van der Waals surface area contributed by atoms with Crippen molar-refractivity contribution in [1.29, 1.82) is 0 Å². The average molecular weight is 236 g/mol. The van der Waals surface area contributed by atoms with Crippen molar-refractivity contribution in [2.24, 2.45) is 0 Å². The Morgan fingerprint density at radius 2 is 2.18 bits per heavy atom. The minimum Gasteiger partial charge on any atom is -0.453 e. The molecule has 1 aromatic carbocycles. The molecule has 0 unspecified atom stereocenters. The molecule has 1 fully saturated rings. The molecule has 17 heavy (non-hydrogen) atoms. The van der Waals surface area contributed by atoms with E-state index in [2.05, 4.69) is 15.0 Å². The smallest absolute Gasteiger partial charge is 0.411 e. The third kappa shape index (κ3) is 3.10. The lowest BCUT2D eigenvalue weighted by molar-refractivity contribution is 0.122. The molecule has 0 saturated carbocycles. The molecule has 1 heterocycles. The molecule has 1 amide bonds. The summed E-state index contributed by atoms with van der Waals surface area (Å²) in [5.41, 5.74) is 1.82. The van der Waals surface area contributed by atoms with Crippen LogP contribution in [0.5, 0.6) is 0 Å². The number of rotatable bonds is 2. The number of nitrogens with zero attached hydrogens (tertiary/aromatic N) is 1. The van der Waals surface area contributed by atoms with Gasteiger partial charge in [0.2, 0.25) is 0 Å². The maximum absolute atomic E-state index is 11.1. The summed E-state index contributed by atoms with van der Waals surface area (Å²) in [6.45, 7) is 3.24. The molecule has 5 heteroatoms. The predicted octanol–water partition coefficient (Wildman–Crippen LogP) is 1.70. The summed E-state index contributed by atoms with van der Waals surface area (Å²) in [6, 6.07) is 7.70. The number of anilines is 2. The van der Waals surface area contributed by atoms with Gasteiger partial charge in [-0.1, -0.05) is 6.07 Å². The zero-order valence-corrected chi connectivity index (χ0v) is 9.81. The van der Waals surface area contributed by atoms with Gasteiger partial charge < -0.3 is 14.4 Å². The molecule has 2 rings (SSSR count). The van der Waals surface area contributed by atoms with Crippen LogP contribution in [0.3, 0.4) is 0 Å². The summed E-state index contributed by atoms with van der Waals surface area (Å²) in [6.07, 6.45) is -0.455. The highest BCUT2D eigenvalue weighted by Crippen LogP contribution is 2.20. The largest absolute Gasteiger partial charge is 0.453 e. The maximum Gasteiger partial charge on any atom is 0.411 e. The quantitative estimate of drug-likeness (QED) is 0.849. The van der Waals surface area contributed by atoms with Crippen LogP contribution >= 0.6 is 0 Å². The molecule has 0 radical (unpaired) electrons. The number of carbonyl (C=O) groups excluding carboxylic acids is 1. The average Bonchev–Trinajstić information content (AvgIpc) is 2.40. The first-order chi connectivity index (χ1) is 8.29.